The number of carboxylic acid groups (broad SMARTS) is 2. The Morgan fingerprint density at radius 2 is 1.00 bits per heavy atom. The molecule has 0 unspecified atom stereocenters. The highest BCUT2D eigenvalue weighted by molar-refractivity contribution is 5.69. The third-order valence-electron chi connectivity index (χ3n) is 1.67. The summed E-state index contributed by atoms with van der Waals surface area (Å²) in [6, 6.07) is 0. The topological polar surface area (TPSA) is 149 Å². The fourth-order valence-corrected chi connectivity index (χ4v) is 0.961. The predicted molar refractivity (Wildman–Crippen MR) is 60.3 cm³/mol. The molecule has 2 N–H and O–H groups in total. The second kappa shape index (κ2) is 16.6. The van der Waals surface area contributed by atoms with Gasteiger partial charge in [-0.25, -0.2) is 0 Å². The van der Waals surface area contributed by atoms with Crippen molar-refractivity contribution >= 4 is 24.2 Å². The van der Waals surface area contributed by atoms with Crippen molar-refractivity contribution in [3.63, 3.8) is 0 Å². The molecule has 10 nitrogen and oxygen atoms in total. The Kier molecular flexibility index (Phi) is 18.9. The van der Waals surface area contributed by atoms with Crippen LogP contribution >= 0.6 is 0 Å². The summed E-state index contributed by atoms with van der Waals surface area (Å²) in [6.45, 7) is 1.02. The Labute approximate surface area is 114 Å². The van der Waals surface area contributed by atoms with Crippen molar-refractivity contribution in [3.05, 3.63) is 0 Å². The monoisotopic (exact) mass is 292 g/mol. The van der Waals surface area contributed by atoms with Gasteiger partial charge in [-0.2, -0.15) is 19.2 Å². The van der Waals surface area contributed by atoms with Gasteiger partial charge >= 0.3 is 24.2 Å². The van der Waals surface area contributed by atoms with Gasteiger partial charge in [0.05, 0.1) is 13.1 Å². The quantitative estimate of drug-likeness (QED) is 0.531. The van der Waals surface area contributed by atoms with Gasteiger partial charge in [0.25, 0.3) is 0 Å². The molecular weight excluding hydrogens is 276 g/mol. The number of carboxylic acids is 2. The van der Waals surface area contributed by atoms with Gasteiger partial charge in [0.2, 0.25) is 0 Å². The van der Waals surface area contributed by atoms with E-state index in [1.165, 1.54) is 0 Å². The lowest BCUT2D eigenvalue weighted by Gasteiger charge is -2.18. The van der Waals surface area contributed by atoms with Gasteiger partial charge in [0.1, 0.15) is 0 Å². The molecule has 0 bridgehead atoms. The standard InChI is InChI=1S/C8H16N2O4.2CO2/c1-9(5-7(11)12)3-4-10(2)6-8(13)14;2*2-1-3/h3-6H2,1-2H3,(H,11,12)(H,13,14);;. The molecule has 0 atom stereocenters. The number of carbonyl (C=O) groups is 2. The minimum Gasteiger partial charge on any atom is -0.480 e. The molecule has 20 heavy (non-hydrogen) atoms. The zero-order valence-electron chi connectivity index (χ0n) is 11.1. The number of nitrogens with zero attached hydrogens (tertiary/aromatic N) is 2. The minimum atomic E-state index is -0.881. The molecule has 114 valence electrons. The van der Waals surface area contributed by atoms with E-state index >= 15 is 0 Å². The highest BCUT2D eigenvalue weighted by Gasteiger charge is 2.07. The lowest BCUT2D eigenvalue weighted by atomic mass is 10.4. The fraction of sp³-hybridized carbons (Fsp3) is 0.600. The SMILES string of the molecule is CN(CCN(C)CC(=O)O)CC(=O)O.O=C=O.O=C=O. The summed E-state index contributed by atoms with van der Waals surface area (Å²) in [7, 11) is 3.37. The Hall–Kier alpha value is -2.38. The second-order valence-corrected chi connectivity index (χ2v) is 3.43. The maximum absolute atomic E-state index is 10.3. The van der Waals surface area contributed by atoms with E-state index in [9.17, 15) is 9.59 Å². The summed E-state index contributed by atoms with van der Waals surface area (Å²) in [5.74, 6) is -1.76. The van der Waals surface area contributed by atoms with Crippen molar-refractivity contribution in [2.75, 3.05) is 40.3 Å². The van der Waals surface area contributed by atoms with Crippen molar-refractivity contribution in [2.45, 2.75) is 0 Å². The van der Waals surface area contributed by atoms with E-state index < -0.39 is 11.9 Å². The van der Waals surface area contributed by atoms with Crippen LogP contribution < -0.4 is 0 Å². The molecular formula is C10H16N2O8. The van der Waals surface area contributed by atoms with Crippen LogP contribution in [-0.2, 0) is 28.8 Å². The highest BCUT2D eigenvalue weighted by Crippen LogP contribution is 1.86. The third-order valence-corrected chi connectivity index (χ3v) is 1.67. The van der Waals surface area contributed by atoms with Gasteiger partial charge in [-0.1, -0.05) is 0 Å². The Morgan fingerprint density at radius 3 is 1.15 bits per heavy atom. The van der Waals surface area contributed by atoms with Crippen molar-refractivity contribution < 1.29 is 39.0 Å². The minimum absolute atomic E-state index is 0.0269. The first-order valence-corrected chi connectivity index (χ1v) is 5.04. The normalized spacial score (nSPS) is 8.40. The molecule has 0 aromatic heterocycles. The summed E-state index contributed by atoms with van der Waals surface area (Å²) in [5, 5.41) is 16.9. The van der Waals surface area contributed by atoms with Crippen LogP contribution in [0, 0.1) is 0 Å². The summed E-state index contributed by atoms with van der Waals surface area (Å²) in [5.41, 5.74) is 0. The molecule has 0 amide bonds. The lowest BCUT2D eigenvalue weighted by molar-refractivity contribution is -0.193. The Balaban J connectivity index is -0.000000408. The molecule has 0 rings (SSSR count). The van der Waals surface area contributed by atoms with Gasteiger partial charge in [0, 0.05) is 13.1 Å². The first-order valence-electron chi connectivity index (χ1n) is 5.04. The Morgan fingerprint density at radius 1 is 0.800 bits per heavy atom. The third kappa shape index (κ3) is 29.6. The fourth-order valence-electron chi connectivity index (χ4n) is 0.961. The molecule has 0 heterocycles. The average Bonchev–Trinajstić information content (AvgIpc) is 2.26. The number of carbonyl (C=O) groups excluding carboxylic acids is 4. The van der Waals surface area contributed by atoms with Crippen molar-refractivity contribution in [3.8, 4) is 0 Å². The molecule has 0 aromatic carbocycles. The predicted octanol–water partition coefficient (Wildman–Crippen LogP) is -2.15. The number of aliphatic carboxylic acids is 2. The van der Waals surface area contributed by atoms with Crippen LogP contribution in [0.5, 0.6) is 0 Å². The number of hydrogen-bond donors (Lipinski definition) is 2. The Bertz CT molecular complexity index is 311. The van der Waals surface area contributed by atoms with Crippen molar-refractivity contribution in [1.29, 1.82) is 0 Å². The van der Waals surface area contributed by atoms with Gasteiger partial charge in [0.15, 0.2) is 0 Å². The van der Waals surface area contributed by atoms with Crippen LogP contribution in [0.4, 0.5) is 0 Å². The molecule has 0 aliphatic heterocycles. The van der Waals surface area contributed by atoms with Crippen LogP contribution in [0.3, 0.4) is 0 Å². The summed E-state index contributed by atoms with van der Waals surface area (Å²) >= 11 is 0. The number of hydrogen-bond acceptors (Lipinski definition) is 8. The van der Waals surface area contributed by atoms with Crippen LogP contribution in [0.25, 0.3) is 0 Å². The molecule has 0 spiro atoms. The van der Waals surface area contributed by atoms with Gasteiger partial charge in [-0.15, -0.1) is 0 Å². The second-order valence-electron chi connectivity index (χ2n) is 3.43. The molecule has 0 radical (unpaired) electrons. The first kappa shape index (κ1) is 22.8. The van der Waals surface area contributed by atoms with Crippen molar-refractivity contribution in [2.24, 2.45) is 0 Å². The smallest absolute Gasteiger partial charge is 0.373 e. The van der Waals surface area contributed by atoms with Crippen LogP contribution in [-0.4, -0.2) is 84.5 Å². The molecule has 0 saturated heterocycles. The van der Waals surface area contributed by atoms with E-state index in [2.05, 4.69) is 0 Å². The summed E-state index contributed by atoms with van der Waals surface area (Å²) in [6.07, 6.45) is 0.500. The molecule has 0 aliphatic carbocycles. The maximum Gasteiger partial charge on any atom is 0.373 e. The van der Waals surface area contributed by atoms with Crippen LogP contribution in [0.15, 0.2) is 0 Å². The van der Waals surface area contributed by atoms with E-state index in [0.29, 0.717) is 13.1 Å². The molecule has 0 aromatic rings. The number of rotatable bonds is 7. The van der Waals surface area contributed by atoms with Gasteiger partial charge in [-0.3, -0.25) is 19.4 Å². The molecule has 0 aliphatic rings. The van der Waals surface area contributed by atoms with Crippen molar-refractivity contribution in [1.82, 2.24) is 9.80 Å². The maximum atomic E-state index is 10.3. The summed E-state index contributed by atoms with van der Waals surface area (Å²) < 4.78 is 0. The molecule has 0 fully saturated rings. The van der Waals surface area contributed by atoms with E-state index in [-0.39, 0.29) is 25.4 Å². The lowest BCUT2D eigenvalue weighted by Crippen LogP contribution is -2.35. The van der Waals surface area contributed by atoms with Crippen LogP contribution in [0.1, 0.15) is 0 Å². The largest absolute Gasteiger partial charge is 0.480 e. The summed E-state index contributed by atoms with van der Waals surface area (Å²) in [4.78, 5) is 56.3. The zero-order valence-corrected chi connectivity index (χ0v) is 11.1. The number of likely N-dealkylation sites (N-methyl/N-ethyl adjacent to an activating group) is 2. The van der Waals surface area contributed by atoms with Crippen LogP contribution in [0.2, 0.25) is 0 Å². The van der Waals surface area contributed by atoms with Gasteiger partial charge in [-0.05, 0) is 14.1 Å². The van der Waals surface area contributed by atoms with E-state index in [4.69, 9.17) is 29.4 Å². The first-order chi connectivity index (χ1) is 9.24. The van der Waals surface area contributed by atoms with E-state index in [1.807, 2.05) is 0 Å². The molecule has 10 heteroatoms. The highest BCUT2D eigenvalue weighted by atomic mass is 16.4. The molecule has 0 saturated carbocycles. The van der Waals surface area contributed by atoms with E-state index in [0.717, 1.165) is 0 Å². The van der Waals surface area contributed by atoms with Gasteiger partial charge < -0.3 is 10.2 Å². The average molecular weight is 292 g/mol. The zero-order chi connectivity index (χ0) is 16.6. The van der Waals surface area contributed by atoms with E-state index in [1.54, 1.807) is 23.9 Å².